The molecule has 31 heavy (non-hydrogen) atoms. The first-order chi connectivity index (χ1) is 15.2. The highest BCUT2D eigenvalue weighted by atomic mass is 16.5. The predicted octanol–water partition coefficient (Wildman–Crippen LogP) is 4.17. The molecule has 4 bridgehead atoms. The zero-order valence-corrected chi connectivity index (χ0v) is 17.5. The van der Waals surface area contributed by atoms with E-state index >= 15 is 0 Å². The Morgan fingerprint density at radius 1 is 0.710 bits per heavy atom. The van der Waals surface area contributed by atoms with Crippen molar-refractivity contribution < 1.29 is 19.3 Å². The van der Waals surface area contributed by atoms with Gasteiger partial charge in [-0.15, -0.1) is 0 Å². The van der Waals surface area contributed by atoms with Crippen LogP contribution in [-0.4, -0.2) is 26.4 Å². The van der Waals surface area contributed by atoms with E-state index in [0.29, 0.717) is 0 Å². The number of hydrogen-bond acceptors (Lipinski definition) is 7. The SMILES string of the molecule is COc1cccc2c1NC1c3cccc(OC)c3N3C(O)c4cccc(OC)c4N1C23. The van der Waals surface area contributed by atoms with E-state index in [1.54, 1.807) is 21.3 Å². The number of methoxy groups -OCH3 is 3. The van der Waals surface area contributed by atoms with Gasteiger partial charge in [0.15, 0.2) is 6.23 Å². The zero-order valence-electron chi connectivity index (χ0n) is 17.5. The summed E-state index contributed by atoms with van der Waals surface area (Å²) < 4.78 is 17.1. The second-order valence-corrected chi connectivity index (χ2v) is 7.83. The largest absolute Gasteiger partial charge is 0.495 e. The maximum absolute atomic E-state index is 11.7. The van der Waals surface area contributed by atoms with Crippen LogP contribution in [0, 0.1) is 0 Å². The highest BCUT2D eigenvalue weighted by molar-refractivity contribution is 5.84. The first kappa shape index (κ1) is 18.2. The molecule has 0 amide bonds. The summed E-state index contributed by atoms with van der Waals surface area (Å²) in [6.07, 6.45) is -1.34. The molecule has 6 rings (SSSR count). The van der Waals surface area contributed by atoms with E-state index < -0.39 is 6.23 Å². The van der Waals surface area contributed by atoms with E-state index in [-0.39, 0.29) is 12.3 Å². The Morgan fingerprint density at radius 2 is 1.26 bits per heavy atom. The van der Waals surface area contributed by atoms with Gasteiger partial charge in [0.1, 0.15) is 29.6 Å². The zero-order chi connectivity index (χ0) is 21.3. The van der Waals surface area contributed by atoms with Crippen molar-refractivity contribution in [3.05, 3.63) is 71.3 Å². The van der Waals surface area contributed by atoms with Crippen molar-refractivity contribution in [1.82, 2.24) is 0 Å². The van der Waals surface area contributed by atoms with Gasteiger partial charge in [-0.05, 0) is 18.2 Å². The molecule has 0 aliphatic carbocycles. The van der Waals surface area contributed by atoms with Crippen LogP contribution < -0.4 is 29.3 Å². The number of fused-ring (bicyclic) bond motifs is 5. The summed E-state index contributed by atoms with van der Waals surface area (Å²) in [7, 11) is 5.00. The quantitative estimate of drug-likeness (QED) is 0.663. The first-order valence-electron chi connectivity index (χ1n) is 10.2. The molecule has 158 valence electrons. The van der Waals surface area contributed by atoms with E-state index in [2.05, 4.69) is 22.3 Å². The highest BCUT2D eigenvalue weighted by Gasteiger charge is 2.53. The van der Waals surface area contributed by atoms with Crippen molar-refractivity contribution in [3.63, 3.8) is 0 Å². The fourth-order valence-corrected chi connectivity index (χ4v) is 5.27. The fourth-order valence-electron chi connectivity index (χ4n) is 5.27. The molecule has 7 heteroatoms. The lowest BCUT2D eigenvalue weighted by molar-refractivity contribution is 0.142. The van der Waals surface area contributed by atoms with Crippen LogP contribution in [0.3, 0.4) is 0 Å². The van der Waals surface area contributed by atoms with E-state index in [9.17, 15) is 5.11 Å². The van der Waals surface area contributed by atoms with Crippen molar-refractivity contribution in [2.45, 2.75) is 18.6 Å². The van der Waals surface area contributed by atoms with Gasteiger partial charge in [-0.3, -0.25) is 0 Å². The summed E-state index contributed by atoms with van der Waals surface area (Å²) in [5.74, 6) is 2.23. The van der Waals surface area contributed by atoms with Gasteiger partial charge in [0.05, 0.1) is 38.4 Å². The molecule has 3 aliphatic rings. The van der Waals surface area contributed by atoms with Gasteiger partial charge in [-0.1, -0.05) is 36.4 Å². The highest BCUT2D eigenvalue weighted by Crippen LogP contribution is 2.62. The minimum Gasteiger partial charge on any atom is -0.495 e. The molecule has 7 nitrogen and oxygen atoms in total. The average molecular weight is 417 g/mol. The minimum absolute atomic E-state index is 0.197. The number of para-hydroxylation sites is 3. The minimum atomic E-state index is -0.875. The summed E-state index contributed by atoms with van der Waals surface area (Å²) in [6, 6.07) is 17.8. The van der Waals surface area contributed by atoms with Crippen molar-refractivity contribution >= 4 is 17.1 Å². The van der Waals surface area contributed by atoms with Crippen LogP contribution in [0.2, 0.25) is 0 Å². The van der Waals surface area contributed by atoms with Gasteiger partial charge in [0, 0.05) is 16.7 Å². The van der Waals surface area contributed by atoms with Crippen LogP contribution in [0.4, 0.5) is 17.1 Å². The molecular weight excluding hydrogens is 394 g/mol. The molecule has 3 heterocycles. The standard InChI is InChI=1S/C24H23N3O4/c1-29-16-10-4-7-13-19(16)25-22-14-8-5-11-17(30-2)20(14)27-23(13)26(22)21-15(24(27)28)9-6-12-18(21)31-3/h4-12,22-25,28H,1-3H3. The van der Waals surface area contributed by atoms with Gasteiger partial charge in [-0.2, -0.15) is 0 Å². The maximum Gasteiger partial charge on any atom is 0.157 e. The van der Waals surface area contributed by atoms with E-state index in [1.807, 2.05) is 47.4 Å². The number of rotatable bonds is 3. The van der Waals surface area contributed by atoms with Crippen molar-refractivity contribution in [3.8, 4) is 17.2 Å². The number of benzene rings is 3. The van der Waals surface area contributed by atoms with Crippen molar-refractivity contribution in [1.29, 1.82) is 0 Å². The second kappa shape index (κ2) is 6.46. The Morgan fingerprint density at radius 3 is 1.90 bits per heavy atom. The van der Waals surface area contributed by atoms with Crippen LogP contribution in [0.15, 0.2) is 54.6 Å². The lowest BCUT2D eigenvalue weighted by Crippen LogP contribution is -2.57. The molecule has 0 fully saturated rings. The van der Waals surface area contributed by atoms with E-state index in [0.717, 1.165) is 51.0 Å². The molecule has 2 N–H and O–H groups in total. The maximum atomic E-state index is 11.7. The molecule has 0 aromatic heterocycles. The lowest BCUT2D eigenvalue weighted by atomic mass is 9.88. The van der Waals surface area contributed by atoms with Crippen LogP contribution >= 0.6 is 0 Å². The number of nitrogens with zero attached hydrogens (tertiary/aromatic N) is 2. The van der Waals surface area contributed by atoms with Crippen molar-refractivity contribution in [2.24, 2.45) is 0 Å². The van der Waals surface area contributed by atoms with E-state index in [4.69, 9.17) is 14.2 Å². The number of ether oxygens (including phenoxy) is 3. The van der Waals surface area contributed by atoms with E-state index in [1.165, 1.54) is 0 Å². The molecule has 3 aromatic carbocycles. The average Bonchev–Trinajstić information content (AvgIpc) is 2.82. The Kier molecular flexibility index (Phi) is 3.79. The Labute approximate surface area is 180 Å². The van der Waals surface area contributed by atoms with Crippen LogP contribution in [0.5, 0.6) is 17.2 Å². The van der Waals surface area contributed by atoms with Crippen LogP contribution in [-0.2, 0) is 0 Å². The number of nitrogens with one attached hydrogen (secondary N) is 1. The third-order valence-electron chi connectivity index (χ3n) is 6.50. The summed E-state index contributed by atoms with van der Waals surface area (Å²) >= 11 is 0. The molecule has 0 spiro atoms. The molecule has 0 saturated heterocycles. The summed E-state index contributed by atoms with van der Waals surface area (Å²) in [4.78, 5) is 4.32. The van der Waals surface area contributed by atoms with Crippen LogP contribution in [0.25, 0.3) is 0 Å². The Hall–Kier alpha value is -3.58. The number of aliphatic hydroxyl groups excluding tert-OH is 1. The number of hydrogen-bond donors (Lipinski definition) is 2. The monoisotopic (exact) mass is 417 g/mol. The molecule has 3 unspecified atom stereocenters. The van der Waals surface area contributed by atoms with Gasteiger partial charge >= 0.3 is 0 Å². The molecule has 0 saturated carbocycles. The van der Waals surface area contributed by atoms with Crippen LogP contribution in [0.1, 0.15) is 35.2 Å². The van der Waals surface area contributed by atoms with Gasteiger partial charge < -0.3 is 34.4 Å². The number of aliphatic hydroxyl groups is 1. The molecule has 3 atom stereocenters. The lowest BCUT2D eigenvalue weighted by Gasteiger charge is -2.59. The summed E-state index contributed by atoms with van der Waals surface area (Å²) in [5, 5.41) is 15.4. The molecular formula is C24H23N3O4. The first-order valence-corrected chi connectivity index (χ1v) is 10.2. The predicted molar refractivity (Wildman–Crippen MR) is 118 cm³/mol. The molecule has 0 radical (unpaired) electrons. The topological polar surface area (TPSA) is 66.4 Å². The fraction of sp³-hybridized carbons (Fsp3) is 0.250. The Bertz CT molecular complexity index is 1180. The summed E-state index contributed by atoms with van der Waals surface area (Å²) in [5.41, 5.74) is 5.53. The Balaban J connectivity index is 1.71. The summed E-state index contributed by atoms with van der Waals surface area (Å²) in [6.45, 7) is 0. The third-order valence-corrected chi connectivity index (χ3v) is 6.50. The van der Waals surface area contributed by atoms with Gasteiger partial charge in [-0.25, -0.2) is 0 Å². The normalized spacial score (nSPS) is 22.0. The number of anilines is 3. The van der Waals surface area contributed by atoms with Crippen molar-refractivity contribution in [2.75, 3.05) is 36.4 Å². The smallest absolute Gasteiger partial charge is 0.157 e. The van der Waals surface area contributed by atoms with Gasteiger partial charge in [0.25, 0.3) is 0 Å². The van der Waals surface area contributed by atoms with Gasteiger partial charge in [0.2, 0.25) is 0 Å². The molecule has 3 aliphatic heterocycles. The third kappa shape index (κ3) is 2.21. The molecule has 3 aromatic rings. The second-order valence-electron chi connectivity index (χ2n) is 7.83.